The van der Waals surface area contributed by atoms with Gasteiger partial charge in [0.05, 0.1) is 11.2 Å². The lowest BCUT2D eigenvalue weighted by Gasteiger charge is -2.32. The third-order valence-corrected chi connectivity index (χ3v) is 5.67. The van der Waals surface area contributed by atoms with Crippen molar-refractivity contribution in [1.29, 1.82) is 0 Å². The molecule has 0 spiro atoms. The second-order valence-electron chi connectivity index (χ2n) is 7.07. The van der Waals surface area contributed by atoms with Crippen molar-refractivity contribution in [1.82, 2.24) is 0 Å². The average Bonchev–Trinajstić information content (AvgIpc) is 2.72. The van der Waals surface area contributed by atoms with E-state index in [1.807, 2.05) is 58.0 Å². The lowest BCUT2D eigenvalue weighted by molar-refractivity contribution is -0.109. The van der Waals surface area contributed by atoms with Crippen LogP contribution in [0.5, 0.6) is 0 Å². The number of thiocarbonyl (C=S) groups is 1. The molecule has 1 heterocycles. The topological polar surface area (TPSA) is 61.6 Å². The quantitative estimate of drug-likeness (QED) is 0.625. The molecular weight excluding hydrogens is 353 g/mol. The van der Waals surface area contributed by atoms with Crippen LogP contribution in [0.1, 0.15) is 45.7 Å². The molecule has 7 heteroatoms. The van der Waals surface area contributed by atoms with Crippen molar-refractivity contribution in [2.45, 2.75) is 45.8 Å². The highest BCUT2D eigenvalue weighted by Crippen LogP contribution is 2.39. The SMILES string of the molecule is CC(=O)SCC(=Cc1ccc(C(N)=S)cc1)B1OC(C)(C)C(C)(C)O1. The fourth-order valence-corrected chi connectivity index (χ4v) is 3.04. The Morgan fingerprint density at radius 3 is 2.16 bits per heavy atom. The summed E-state index contributed by atoms with van der Waals surface area (Å²) < 4.78 is 12.3. The van der Waals surface area contributed by atoms with Gasteiger partial charge in [0.15, 0.2) is 5.12 Å². The average molecular weight is 377 g/mol. The Bertz CT molecular complexity index is 683. The normalized spacial score (nSPS) is 19.1. The van der Waals surface area contributed by atoms with Crippen LogP contribution in [0.3, 0.4) is 0 Å². The Balaban J connectivity index is 2.29. The smallest absolute Gasteiger partial charge is 0.400 e. The van der Waals surface area contributed by atoms with Crippen LogP contribution in [0.4, 0.5) is 0 Å². The molecule has 0 radical (unpaired) electrons. The van der Waals surface area contributed by atoms with Crippen LogP contribution in [-0.4, -0.2) is 34.2 Å². The zero-order chi connectivity index (χ0) is 18.8. The van der Waals surface area contributed by atoms with Crippen LogP contribution in [0, 0.1) is 0 Å². The van der Waals surface area contributed by atoms with Crippen molar-refractivity contribution in [3.8, 4) is 0 Å². The van der Waals surface area contributed by atoms with Gasteiger partial charge in [0, 0.05) is 18.2 Å². The number of carbonyl (C=O) groups is 1. The minimum atomic E-state index is -0.480. The Kier molecular flexibility index (Phi) is 6.15. The zero-order valence-electron chi connectivity index (χ0n) is 15.3. The van der Waals surface area contributed by atoms with Crippen LogP contribution in [0.25, 0.3) is 6.08 Å². The van der Waals surface area contributed by atoms with Gasteiger partial charge in [-0.2, -0.15) is 0 Å². The van der Waals surface area contributed by atoms with E-state index < -0.39 is 18.3 Å². The van der Waals surface area contributed by atoms with E-state index in [4.69, 9.17) is 27.3 Å². The molecule has 0 saturated carbocycles. The van der Waals surface area contributed by atoms with Gasteiger partial charge in [-0.15, -0.1) is 0 Å². The lowest BCUT2D eigenvalue weighted by Crippen LogP contribution is -2.41. The van der Waals surface area contributed by atoms with Crippen molar-refractivity contribution < 1.29 is 14.1 Å². The van der Waals surface area contributed by atoms with E-state index in [0.29, 0.717) is 10.7 Å². The van der Waals surface area contributed by atoms with Crippen LogP contribution in [-0.2, 0) is 14.1 Å². The number of rotatable bonds is 5. The predicted octanol–water partition coefficient (Wildman–Crippen LogP) is 3.62. The van der Waals surface area contributed by atoms with Crippen molar-refractivity contribution in [3.63, 3.8) is 0 Å². The Labute approximate surface area is 159 Å². The minimum absolute atomic E-state index is 0.0613. The van der Waals surface area contributed by atoms with Gasteiger partial charge in [0.25, 0.3) is 0 Å². The highest BCUT2D eigenvalue weighted by molar-refractivity contribution is 8.13. The fraction of sp³-hybridized carbons (Fsp3) is 0.444. The number of hydrogen-bond acceptors (Lipinski definition) is 5. The molecule has 0 amide bonds. The summed E-state index contributed by atoms with van der Waals surface area (Å²) >= 11 is 6.23. The number of thioether (sulfide) groups is 1. The molecule has 0 aromatic heterocycles. The number of nitrogens with two attached hydrogens (primary N) is 1. The Morgan fingerprint density at radius 2 is 1.72 bits per heavy atom. The maximum atomic E-state index is 11.4. The van der Waals surface area contributed by atoms with E-state index in [2.05, 4.69) is 0 Å². The van der Waals surface area contributed by atoms with E-state index in [1.165, 1.54) is 11.8 Å². The van der Waals surface area contributed by atoms with Gasteiger partial charge in [0.2, 0.25) is 0 Å². The molecule has 2 N–H and O–H groups in total. The van der Waals surface area contributed by atoms with Crippen molar-refractivity contribution in [3.05, 3.63) is 40.9 Å². The summed E-state index contributed by atoms with van der Waals surface area (Å²) in [5.74, 6) is 0.517. The summed E-state index contributed by atoms with van der Waals surface area (Å²) in [6, 6.07) is 7.65. The molecule has 1 fully saturated rings. The maximum Gasteiger partial charge on any atom is 0.491 e. The van der Waals surface area contributed by atoms with E-state index in [-0.39, 0.29) is 5.12 Å². The van der Waals surface area contributed by atoms with Gasteiger partial charge < -0.3 is 15.0 Å². The Morgan fingerprint density at radius 1 is 1.20 bits per heavy atom. The molecule has 0 bridgehead atoms. The molecule has 1 aromatic carbocycles. The second-order valence-corrected chi connectivity index (χ2v) is 8.67. The highest BCUT2D eigenvalue weighted by Gasteiger charge is 2.52. The van der Waals surface area contributed by atoms with Gasteiger partial charge in [-0.05, 0) is 38.7 Å². The standard InChI is InChI=1S/C18H24BNO3S2/c1-12(21)25-11-15(19-22-17(2,3)18(4,5)23-19)10-13-6-8-14(9-7-13)16(20)24/h6-10H,11H2,1-5H3,(H2,20,24). The first-order valence-electron chi connectivity index (χ1n) is 8.11. The second kappa shape index (κ2) is 7.62. The monoisotopic (exact) mass is 377 g/mol. The van der Waals surface area contributed by atoms with Crippen LogP contribution < -0.4 is 5.73 Å². The summed E-state index contributed by atoms with van der Waals surface area (Å²) in [5.41, 5.74) is 7.51. The molecule has 0 aliphatic carbocycles. The first-order valence-corrected chi connectivity index (χ1v) is 9.50. The maximum absolute atomic E-state index is 11.4. The molecule has 1 saturated heterocycles. The molecule has 1 aliphatic rings. The molecule has 4 nitrogen and oxygen atoms in total. The van der Waals surface area contributed by atoms with Gasteiger partial charge >= 0.3 is 7.12 Å². The third kappa shape index (κ3) is 4.94. The van der Waals surface area contributed by atoms with Crippen molar-refractivity contribution in [2.75, 3.05) is 5.75 Å². The minimum Gasteiger partial charge on any atom is -0.400 e. The molecule has 0 unspecified atom stereocenters. The molecular formula is C18H24BNO3S2. The molecule has 2 rings (SSSR count). The summed E-state index contributed by atoms with van der Waals surface area (Å²) in [6.45, 7) is 9.61. The van der Waals surface area contributed by atoms with Gasteiger partial charge in [0.1, 0.15) is 4.99 Å². The van der Waals surface area contributed by atoms with Gasteiger partial charge in [-0.1, -0.05) is 54.3 Å². The largest absolute Gasteiger partial charge is 0.491 e. The van der Waals surface area contributed by atoms with Crippen molar-refractivity contribution >= 4 is 47.3 Å². The summed E-state index contributed by atoms with van der Waals surface area (Å²) in [7, 11) is -0.480. The van der Waals surface area contributed by atoms with Crippen LogP contribution in [0.15, 0.2) is 29.7 Å². The van der Waals surface area contributed by atoms with Crippen LogP contribution in [0.2, 0.25) is 0 Å². The highest BCUT2D eigenvalue weighted by atomic mass is 32.2. The number of benzene rings is 1. The summed E-state index contributed by atoms with van der Waals surface area (Å²) in [4.78, 5) is 11.8. The molecule has 1 aromatic rings. The van der Waals surface area contributed by atoms with Gasteiger partial charge in [-0.3, -0.25) is 4.79 Å². The van der Waals surface area contributed by atoms with E-state index in [1.54, 1.807) is 6.92 Å². The third-order valence-electron chi connectivity index (χ3n) is 4.55. The molecule has 25 heavy (non-hydrogen) atoms. The van der Waals surface area contributed by atoms with Crippen LogP contribution >= 0.6 is 24.0 Å². The lowest BCUT2D eigenvalue weighted by atomic mass is 9.78. The first kappa shape index (κ1) is 20.2. The van der Waals surface area contributed by atoms with E-state index in [0.717, 1.165) is 16.6 Å². The van der Waals surface area contributed by atoms with Gasteiger partial charge in [-0.25, -0.2) is 0 Å². The predicted molar refractivity (Wildman–Crippen MR) is 110 cm³/mol. The molecule has 1 aliphatic heterocycles. The summed E-state index contributed by atoms with van der Waals surface area (Å²) in [5, 5.41) is 0.0613. The summed E-state index contributed by atoms with van der Waals surface area (Å²) in [6.07, 6.45) is 2.00. The number of hydrogen-bond donors (Lipinski definition) is 1. The zero-order valence-corrected chi connectivity index (χ0v) is 16.9. The van der Waals surface area contributed by atoms with E-state index >= 15 is 0 Å². The number of carbonyl (C=O) groups excluding carboxylic acids is 1. The molecule has 134 valence electrons. The molecule has 0 atom stereocenters. The fourth-order valence-electron chi connectivity index (χ4n) is 2.31. The Hall–Kier alpha value is -1.15. The first-order chi connectivity index (χ1) is 11.5. The van der Waals surface area contributed by atoms with Crippen molar-refractivity contribution in [2.24, 2.45) is 5.73 Å². The van der Waals surface area contributed by atoms with E-state index in [9.17, 15) is 4.79 Å².